The van der Waals surface area contributed by atoms with Gasteiger partial charge in [0.05, 0.1) is 0 Å². The van der Waals surface area contributed by atoms with E-state index in [1.165, 1.54) is 6.34 Å². The number of nitrogens with zero attached hydrogens (tertiary/aromatic N) is 3. The fourth-order valence-electron chi connectivity index (χ4n) is 1.55. The minimum Gasteiger partial charge on any atom is -0.388 e. The normalized spacial score (nSPS) is 13.7. The van der Waals surface area contributed by atoms with Crippen LogP contribution in [0.4, 0.5) is 0 Å². The zero-order chi connectivity index (χ0) is 11.5. The number of aromatic nitrogens is 2. The Morgan fingerprint density at radius 3 is 2.67 bits per heavy atom. The number of imidazole rings is 1. The highest BCUT2D eigenvalue weighted by molar-refractivity contribution is 5.64. The van der Waals surface area contributed by atoms with E-state index < -0.39 is 0 Å². The number of hydrogen-bond donors (Lipinski definition) is 1. The number of rotatable bonds is 2. The minimum absolute atomic E-state index is 0.0436. The maximum absolute atomic E-state index is 5.28. The molecule has 2 N–H and O–H groups in total. The number of hydrogen-bond acceptors (Lipinski definition) is 2. The molecule has 1 heterocycles. The van der Waals surface area contributed by atoms with Crippen molar-refractivity contribution in [2.75, 3.05) is 0 Å². The Morgan fingerprint density at radius 2 is 2.20 bits per heavy atom. The van der Waals surface area contributed by atoms with Crippen LogP contribution in [-0.2, 0) is 0 Å². The van der Waals surface area contributed by atoms with Crippen molar-refractivity contribution in [3.63, 3.8) is 0 Å². The highest BCUT2D eigenvalue weighted by Gasteiger charge is 2.21. The summed E-state index contributed by atoms with van der Waals surface area (Å²) in [6.07, 6.45) is 6.83. The summed E-state index contributed by atoms with van der Waals surface area (Å²) in [6.45, 7) is 8.44. The molecule has 0 aliphatic carbocycles. The molecule has 0 aliphatic heterocycles. The van der Waals surface area contributed by atoms with Crippen LogP contribution in [0, 0.1) is 5.41 Å². The molecule has 0 saturated heterocycles. The summed E-state index contributed by atoms with van der Waals surface area (Å²) in [5.41, 5.74) is 6.47. The van der Waals surface area contributed by atoms with Gasteiger partial charge in [0.25, 0.3) is 0 Å². The van der Waals surface area contributed by atoms with E-state index in [1.54, 1.807) is 17.1 Å². The van der Waals surface area contributed by atoms with Gasteiger partial charge >= 0.3 is 0 Å². The Kier molecular flexibility index (Phi) is 3.29. The van der Waals surface area contributed by atoms with E-state index in [0.717, 1.165) is 11.4 Å². The summed E-state index contributed by atoms with van der Waals surface area (Å²) < 4.78 is 1.68. The smallest absolute Gasteiger partial charge is 0.156 e. The van der Waals surface area contributed by atoms with Gasteiger partial charge in [-0.3, -0.25) is 0 Å². The van der Waals surface area contributed by atoms with Gasteiger partial charge < -0.3 is 5.73 Å². The minimum atomic E-state index is 0.0436. The topological polar surface area (TPSA) is 56.2 Å². The van der Waals surface area contributed by atoms with E-state index >= 15 is 0 Å². The Balaban J connectivity index is 3.20. The lowest BCUT2D eigenvalue weighted by Gasteiger charge is -2.22. The highest BCUT2D eigenvalue weighted by Crippen LogP contribution is 2.32. The predicted molar refractivity (Wildman–Crippen MR) is 63.4 cm³/mol. The summed E-state index contributed by atoms with van der Waals surface area (Å²) in [5, 5.41) is 4.02. The van der Waals surface area contributed by atoms with E-state index in [2.05, 4.69) is 36.9 Å². The van der Waals surface area contributed by atoms with Crippen LogP contribution in [-0.4, -0.2) is 16.0 Å². The van der Waals surface area contributed by atoms with E-state index in [9.17, 15) is 0 Å². The Morgan fingerprint density at radius 1 is 1.53 bits per heavy atom. The van der Waals surface area contributed by atoms with Crippen LogP contribution in [0.25, 0.3) is 5.57 Å². The largest absolute Gasteiger partial charge is 0.388 e. The van der Waals surface area contributed by atoms with Gasteiger partial charge in [-0.15, -0.1) is 0 Å². The lowest BCUT2D eigenvalue weighted by molar-refractivity contribution is 0.557. The first-order valence-electron chi connectivity index (χ1n) is 4.95. The van der Waals surface area contributed by atoms with Crippen molar-refractivity contribution < 1.29 is 0 Å². The van der Waals surface area contributed by atoms with E-state index in [4.69, 9.17) is 5.73 Å². The van der Waals surface area contributed by atoms with Crippen LogP contribution in [0.2, 0.25) is 0 Å². The molecule has 1 rings (SSSR count). The first-order chi connectivity index (χ1) is 7.00. The zero-order valence-corrected chi connectivity index (χ0v) is 9.73. The number of allylic oxidation sites excluding steroid dienone is 2. The van der Waals surface area contributed by atoms with E-state index in [0.29, 0.717) is 0 Å². The highest BCUT2D eigenvalue weighted by atomic mass is 15.4. The van der Waals surface area contributed by atoms with Crippen molar-refractivity contribution >= 4 is 11.9 Å². The second kappa shape index (κ2) is 4.29. The maximum atomic E-state index is 5.28. The third-order valence-corrected chi connectivity index (χ3v) is 2.15. The predicted octanol–water partition coefficient (Wildman–Crippen LogP) is 2.08. The fraction of sp³-hybridized carbons (Fsp3) is 0.455. The molecular weight excluding hydrogens is 188 g/mol. The molecule has 0 fully saturated rings. The lowest BCUT2D eigenvalue weighted by Crippen LogP contribution is -2.12. The van der Waals surface area contributed by atoms with E-state index in [-0.39, 0.29) is 5.41 Å². The zero-order valence-electron chi connectivity index (χ0n) is 9.73. The van der Waals surface area contributed by atoms with Gasteiger partial charge in [-0.05, 0) is 17.9 Å². The molecule has 1 aromatic rings. The average Bonchev–Trinajstić information content (AvgIpc) is 2.53. The molecule has 4 nitrogen and oxygen atoms in total. The maximum Gasteiger partial charge on any atom is 0.156 e. The molecule has 0 unspecified atom stereocenters. The first-order valence-corrected chi connectivity index (χ1v) is 4.95. The Hall–Kier alpha value is -1.58. The third kappa shape index (κ3) is 2.46. The summed E-state index contributed by atoms with van der Waals surface area (Å²) >= 11 is 0. The summed E-state index contributed by atoms with van der Waals surface area (Å²) in [7, 11) is 0. The first kappa shape index (κ1) is 11.5. The second-order valence-electron chi connectivity index (χ2n) is 4.31. The van der Waals surface area contributed by atoms with E-state index in [1.807, 2.05) is 6.92 Å². The van der Waals surface area contributed by atoms with Crippen LogP contribution >= 0.6 is 0 Å². The fourth-order valence-corrected chi connectivity index (χ4v) is 1.55. The SMILES string of the molecule is C/C=C(\c1nccn1/N=C\N)C(C)(C)C. The molecule has 0 bridgehead atoms. The molecule has 0 aliphatic rings. The molecule has 82 valence electrons. The van der Waals surface area contributed by atoms with Crippen molar-refractivity contribution in [1.29, 1.82) is 0 Å². The van der Waals surface area contributed by atoms with Gasteiger partial charge in [0.15, 0.2) is 5.82 Å². The molecule has 4 heteroatoms. The van der Waals surface area contributed by atoms with Crippen molar-refractivity contribution in [2.24, 2.45) is 16.3 Å². The summed E-state index contributed by atoms with van der Waals surface area (Å²) in [4.78, 5) is 4.30. The van der Waals surface area contributed by atoms with Crippen LogP contribution < -0.4 is 5.73 Å². The summed E-state index contributed by atoms with van der Waals surface area (Å²) in [6, 6.07) is 0. The Bertz CT molecular complexity index is 380. The number of nitrogens with two attached hydrogens (primary N) is 1. The molecule has 0 amide bonds. The van der Waals surface area contributed by atoms with Gasteiger partial charge in [-0.2, -0.15) is 5.10 Å². The molecule has 0 atom stereocenters. The molecule has 0 aromatic carbocycles. The van der Waals surface area contributed by atoms with Gasteiger partial charge in [0.1, 0.15) is 6.34 Å². The molecule has 15 heavy (non-hydrogen) atoms. The van der Waals surface area contributed by atoms with Crippen LogP contribution in [0.1, 0.15) is 33.5 Å². The second-order valence-corrected chi connectivity index (χ2v) is 4.31. The molecule has 1 aromatic heterocycles. The van der Waals surface area contributed by atoms with Crippen LogP contribution in [0.3, 0.4) is 0 Å². The molecule has 0 saturated carbocycles. The van der Waals surface area contributed by atoms with Gasteiger partial charge in [-0.1, -0.05) is 26.8 Å². The standard InChI is InChI=1S/C11H18N4/c1-5-9(11(2,3)4)10-13-6-7-15(10)14-8-12/h5-8H,1-4H3,(H2,12,14)/b9-5+. The molecule has 0 radical (unpaired) electrons. The van der Waals surface area contributed by atoms with Crippen LogP contribution in [0.15, 0.2) is 23.6 Å². The van der Waals surface area contributed by atoms with Gasteiger partial charge in [0, 0.05) is 12.4 Å². The average molecular weight is 206 g/mol. The molecular formula is C11H18N4. The van der Waals surface area contributed by atoms with Crippen molar-refractivity contribution in [1.82, 2.24) is 9.66 Å². The Labute approximate surface area is 90.5 Å². The van der Waals surface area contributed by atoms with Crippen molar-refractivity contribution in [3.8, 4) is 0 Å². The monoisotopic (exact) mass is 206 g/mol. The van der Waals surface area contributed by atoms with Crippen LogP contribution in [0.5, 0.6) is 0 Å². The van der Waals surface area contributed by atoms with Crippen molar-refractivity contribution in [3.05, 3.63) is 24.3 Å². The van der Waals surface area contributed by atoms with Crippen molar-refractivity contribution in [2.45, 2.75) is 27.7 Å². The lowest BCUT2D eigenvalue weighted by atomic mass is 9.86. The third-order valence-electron chi connectivity index (χ3n) is 2.15. The quantitative estimate of drug-likeness (QED) is 0.595. The van der Waals surface area contributed by atoms with Gasteiger partial charge in [0.2, 0.25) is 0 Å². The molecule has 0 spiro atoms. The van der Waals surface area contributed by atoms with Gasteiger partial charge in [-0.25, -0.2) is 9.66 Å². The summed E-state index contributed by atoms with van der Waals surface area (Å²) in [5.74, 6) is 0.840.